The average Bonchev–Trinajstić information content (AvgIpc) is 2.78. The van der Waals surface area contributed by atoms with Gasteiger partial charge in [-0.05, 0) is 55.9 Å². The highest BCUT2D eigenvalue weighted by molar-refractivity contribution is 7.71. The maximum absolute atomic E-state index is 5.59. The fraction of sp³-hybridized carbons (Fsp3) is 0.357. The number of hydrogen-bond acceptors (Lipinski definition) is 4. The Balaban J connectivity index is 2.15. The minimum Gasteiger partial charge on any atom is -0.491 e. The van der Waals surface area contributed by atoms with Gasteiger partial charge in [0.25, 0.3) is 0 Å². The van der Waals surface area contributed by atoms with Gasteiger partial charge in [-0.3, -0.25) is 5.10 Å². The second-order valence-electron chi connectivity index (χ2n) is 4.59. The lowest BCUT2D eigenvalue weighted by Crippen LogP contribution is -2.05. The summed E-state index contributed by atoms with van der Waals surface area (Å²) in [6.07, 6.45) is 2.70. The molecule has 1 aromatic heterocycles. The highest BCUT2D eigenvalue weighted by Gasteiger charge is 2.01. The summed E-state index contributed by atoms with van der Waals surface area (Å²) in [7, 11) is 0. The largest absolute Gasteiger partial charge is 0.491 e. The van der Waals surface area contributed by atoms with Gasteiger partial charge in [-0.25, -0.2) is 0 Å². The predicted molar refractivity (Wildman–Crippen MR) is 82.0 cm³/mol. The third-order valence-electron chi connectivity index (χ3n) is 2.61. The lowest BCUT2D eigenvalue weighted by atomic mass is 10.2. The quantitative estimate of drug-likeness (QED) is 0.679. The third-order valence-corrected chi connectivity index (χ3v) is 2.87. The first-order valence-corrected chi connectivity index (χ1v) is 6.98. The number of H-pyrrole nitrogens is 1. The van der Waals surface area contributed by atoms with Gasteiger partial charge in [-0.2, -0.15) is 14.9 Å². The molecule has 0 radical (unpaired) electrons. The molecule has 0 saturated heterocycles. The number of nitrogens with zero attached hydrogens (tertiary/aromatic N) is 3. The standard InChI is InChI=1S/C14H18N4OS/c1-4-13-16-17-14(20)18(13)15-9-11-5-7-12(8-6-11)19-10(2)3/h5-10H,4H2,1-3H3,(H,17,20)/b15-9-. The van der Waals surface area contributed by atoms with Crippen molar-refractivity contribution in [1.82, 2.24) is 14.9 Å². The Bertz CT molecular complexity index is 640. The highest BCUT2D eigenvalue weighted by atomic mass is 32.1. The highest BCUT2D eigenvalue weighted by Crippen LogP contribution is 2.13. The first kappa shape index (κ1) is 14.5. The monoisotopic (exact) mass is 290 g/mol. The van der Waals surface area contributed by atoms with Crippen LogP contribution < -0.4 is 4.74 Å². The minimum absolute atomic E-state index is 0.172. The number of aromatic nitrogens is 3. The molecule has 6 heteroatoms. The fourth-order valence-electron chi connectivity index (χ4n) is 1.70. The number of ether oxygens (including phenoxy) is 1. The van der Waals surface area contributed by atoms with Crippen molar-refractivity contribution in [1.29, 1.82) is 0 Å². The van der Waals surface area contributed by atoms with E-state index in [9.17, 15) is 0 Å². The zero-order valence-corrected chi connectivity index (χ0v) is 12.6. The first-order chi connectivity index (χ1) is 9.60. The molecule has 0 spiro atoms. The van der Waals surface area contributed by atoms with Gasteiger partial charge in [0.05, 0.1) is 12.3 Å². The summed E-state index contributed by atoms with van der Waals surface area (Å²) in [6.45, 7) is 6.01. The number of nitrogens with one attached hydrogen (secondary N) is 1. The second kappa shape index (κ2) is 6.47. The number of hydrogen-bond donors (Lipinski definition) is 1. The van der Waals surface area contributed by atoms with E-state index >= 15 is 0 Å². The van der Waals surface area contributed by atoms with Crippen molar-refractivity contribution < 1.29 is 4.74 Å². The van der Waals surface area contributed by atoms with Crippen LogP contribution in [0.2, 0.25) is 0 Å². The van der Waals surface area contributed by atoms with E-state index in [2.05, 4.69) is 15.3 Å². The fourth-order valence-corrected chi connectivity index (χ4v) is 1.90. The Morgan fingerprint density at radius 1 is 1.40 bits per heavy atom. The lowest BCUT2D eigenvalue weighted by molar-refractivity contribution is 0.242. The van der Waals surface area contributed by atoms with Gasteiger partial charge in [0.1, 0.15) is 5.75 Å². The number of aromatic amines is 1. The van der Waals surface area contributed by atoms with E-state index in [1.54, 1.807) is 10.9 Å². The molecule has 0 aliphatic heterocycles. The van der Waals surface area contributed by atoms with Crippen molar-refractivity contribution in [2.24, 2.45) is 5.10 Å². The third kappa shape index (κ3) is 3.54. The zero-order chi connectivity index (χ0) is 14.5. The molecule has 106 valence electrons. The van der Waals surface area contributed by atoms with Crippen molar-refractivity contribution in [3.63, 3.8) is 0 Å². The number of rotatable bonds is 5. The number of benzene rings is 1. The molecule has 0 bridgehead atoms. The molecule has 0 unspecified atom stereocenters. The van der Waals surface area contributed by atoms with Crippen LogP contribution in [0.15, 0.2) is 29.4 Å². The topological polar surface area (TPSA) is 55.2 Å². The van der Waals surface area contributed by atoms with E-state index in [1.165, 1.54) is 0 Å². The molecule has 5 nitrogen and oxygen atoms in total. The molecule has 0 saturated carbocycles. The summed E-state index contributed by atoms with van der Waals surface area (Å²) in [5.41, 5.74) is 0.978. The van der Waals surface area contributed by atoms with E-state index in [0.717, 1.165) is 23.6 Å². The van der Waals surface area contributed by atoms with Crippen LogP contribution in [0.25, 0.3) is 0 Å². The van der Waals surface area contributed by atoms with Crippen LogP contribution in [0.4, 0.5) is 0 Å². The van der Waals surface area contributed by atoms with Crippen LogP contribution in [0, 0.1) is 4.77 Å². The molecular weight excluding hydrogens is 272 g/mol. The summed E-state index contributed by atoms with van der Waals surface area (Å²) in [5.74, 6) is 1.66. The Hall–Kier alpha value is -1.95. The molecule has 1 N–H and O–H groups in total. The van der Waals surface area contributed by atoms with Crippen LogP contribution in [-0.4, -0.2) is 27.2 Å². The molecule has 2 aromatic rings. The van der Waals surface area contributed by atoms with E-state index in [0.29, 0.717) is 4.77 Å². The van der Waals surface area contributed by atoms with E-state index in [-0.39, 0.29) is 6.10 Å². The number of aryl methyl sites for hydroxylation is 1. The van der Waals surface area contributed by atoms with E-state index in [1.807, 2.05) is 45.0 Å². The van der Waals surface area contributed by atoms with Crippen molar-refractivity contribution in [2.45, 2.75) is 33.3 Å². The molecule has 0 aliphatic rings. The first-order valence-electron chi connectivity index (χ1n) is 6.57. The van der Waals surface area contributed by atoms with Crippen LogP contribution >= 0.6 is 12.2 Å². The molecule has 0 atom stereocenters. The average molecular weight is 290 g/mol. The maximum Gasteiger partial charge on any atom is 0.216 e. The molecule has 1 aromatic carbocycles. The summed E-state index contributed by atoms with van der Waals surface area (Å²) in [5, 5.41) is 11.2. The zero-order valence-electron chi connectivity index (χ0n) is 11.8. The van der Waals surface area contributed by atoms with Crippen LogP contribution in [0.3, 0.4) is 0 Å². The smallest absolute Gasteiger partial charge is 0.216 e. The van der Waals surface area contributed by atoms with Crippen molar-refractivity contribution in [3.8, 4) is 5.75 Å². The van der Waals surface area contributed by atoms with Gasteiger partial charge in [0, 0.05) is 6.42 Å². The molecule has 2 rings (SSSR count). The van der Waals surface area contributed by atoms with E-state index in [4.69, 9.17) is 17.0 Å². The molecule has 0 fully saturated rings. The molecule has 0 aliphatic carbocycles. The molecular formula is C14H18N4OS. The lowest BCUT2D eigenvalue weighted by Gasteiger charge is -2.09. The van der Waals surface area contributed by atoms with Gasteiger partial charge < -0.3 is 4.74 Å². The van der Waals surface area contributed by atoms with Gasteiger partial charge in [0.15, 0.2) is 5.82 Å². The van der Waals surface area contributed by atoms with Crippen LogP contribution in [0.5, 0.6) is 5.75 Å². The Morgan fingerprint density at radius 3 is 2.70 bits per heavy atom. The Kier molecular flexibility index (Phi) is 4.68. The van der Waals surface area contributed by atoms with Crippen molar-refractivity contribution in [2.75, 3.05) is 0 Å². The second-order valence-corrected chi connectivity index (χ2v) is 4.98. The van der Waals surface area contributed by atoms with Crippen LogP contribution in [-0.2, 0) is 6.42 Å². The van der Waals surface area contributed by atoms with Crippen molar-refractivity contribution >= 4 is 18.4 Å². The summed E-state index contributed by atoms with van der Waals surface area (Å²) in [6, 6.07) is 7.76. The predicted octanol–water partition coefficient (Wildman–Crippen LogP) is 3.17. The summed E-state index contributed by atoms with van der Waals surface area (Å²) >= 11 is 5.13. The molecule has 20 heavy (non-hydrogen) atoms. The van der Waals surface area contributed by atoms with Crippen molar-refractivity contribution in [3.05, 3.63) is 40.4 Å². The SMILES string of the molecule is CCc1n[nH]c(=S)n1/N=C\c1ccc(OC(C)C)cc1. The maximum atomic E-state index is 5.59. The normalized spacial score (nSPS) is 11.4. The van der Waals surface area contributed by atoms with Crippen LogP contribution in [0.1, 0.15) is 32.2 Å². The van der Waals surface area contributed by atoms with Gasteiger partial charge in [-0.15, -0.1) is 0 Å². The minimum atomic E-state index is 0.172. The molecule has 0 amide bonds. The Labute approximate surface area is 123 Å². The van der Waals surface area contributed by atoms with E-state index < -0.39 is 0 Å². The Morgan fingerprint density at radius 2 is 2.10 bits per heavy atom. The van der Waals surface area contributed by atoms with Gasteiger partial charge >= 0.3 is 0 Å². The molecule has 1 heterocycles. The summed E-state index contributed by atoms with van der Waals surface area (Å²) in [4.78, 5) is 0. The van der Waals surface area contributed by atoms with Gasteiger partial charge in [-0.1, -0.05) is 6.92 Å². The summed E-state index contributed by atoms with van der Waals surface area (Å²) < 4.78 is 7.72. The van der Waals surface area contributed by atoms with Gasteiger partial charge in [0.2, 0.25) is 4.77 Å².